The Morgan fingerprint density at radius 1 is 0.674 bits per heavy atom. The minimum absolute atomic E-state index is 0.196. The van der Waals surface area contributed by atoms with Gasteiger partial charge >= 0.3 is 11.9 Å². The van der Waals surface area contributed by atoms with Gasteiger partial charge in [-0.05, 0) is 71.5 Å². The normalized spacial score (nSPS) is 11.0. The first-order valence-electron chi connectivity index (χ1n) is 14.3. The molecule has 0 atom stereocenters. The molecule has 4 N–H and O–H groups in total. The first kappa shape index (κ1) is 33.4. The predicted molar refractivity (Wildman–Crippen MR) is 161 cm³/mol. The fourth-order valence-electron chi connectivity index (χ4n) is 4.62. The molecule has 10 nitrogen and oxygen atoms in total. The molecule has 0 radical (unpaired) electrons. The van der Waals surface area contributed by atoms with Crippen molar-refractivity contribution in [2.45, 2.75) is 39.0 Å². The molecular formula is C33H40O10. The highest BCUT2D eigenvalue weighted by molar-refractivity contribution is 5.93. The molecule has 0 fully saturated rings. The molecule has 3 aromatic carbocycles. The number of aryl methyl sites for hydroxylation is 1. The summed E-state index contributed by atoms with van der Waals surface area (Å²) in [5, 5.41) is 39.6. The van der Waals surface area contributed by atoms with E-state index in [4.69, 9.17) is 18.9 Å². The topological polar surface area (TPSA) is 152 Å². The van der Waals surface area contributed by atoms with E-state index in [0.717, 1.165) is 36.8 Å². The zero-order valence-corrected chi connectivity index (χ0v) is 24.6. The van der Waals surface area contributed by atoms with E-state index in [0.29, 0.717) is 55.3 Å². The molecule has 10 heteroatoms. The molecule has 0 unspecified atom stereocenters. The van der Waals surface area contributed by atoms with E-state index in [-0.39, 0.29) is 35.8 Å². The van der Waals surface area contributed by atoms with Crippen LogP contribution in [-0.4, -0.2) is 79.1 Å². The van der Waals surface area contributed by atoms with Crippen LogP contribution in [0.3, 0.4) is 0 Å². The number of phenols is 2. The number of benzene rings is 3. The average molecular weight is 597 g/mol. The fourth-order valence-corrected chi connectivity index (χ4v) is 4.62. The number of aromatic carboxylic acids is 2. The SMILES string of the molecule is CCCCCCc1cc(-c2ccc(C(=O)O)c(O)c2)c(OCCOCCOCCOC)cc1-c1ccc(C(=O)O)c(O)c1. The lowest BCUT2D eigenvalue weighted by molar-refractivity contribution is 0.0180. The molecule has 232 valence electrons. The van der Waals surface area contributed by atoms with Crippen LogP contribution in [-0.2, 0) is 20.6 Å². The Balaban J connectivity index is 1.99. The van der Waals surface area contributed by atoms with Gasteiger partial charge in [0, 0.05) is 12.7 Å². The highest BCUT2D eigenvalue weighted by atomic mass is 16.6. The maximum Gasteiger partial charge on any atom is 0.339 e. The largest absolute Gasteiger partial charge is 0.507 e. The van der Waals surface area contributed by atoms with Crippen molar-refractivity contribution in [1.82, 2.24) is 0 Å². The van der Waals surface area contributed by atoms with Crippen LogP contribution in [0.2, 0.25) is 0 Å². The van der Waals surface area contributed by atoms with E-state index in [1.807, 2.05) is 12.1 Å². The van der Waals surface area contributed by atoms with Crippen molar-refractivity contribution in [2.24, 2.45) is 0 Å². The number of carboxylic acids is 2. The Labute approximate surface area is 251 Å². The van der Waals surface area contributed by atoms with Crippen LogP contribution in [0.1, 0.15) is 58.9 Å². The Bertz CT molecular complexity index is 1370. The van der Waals surface area contributed by atoms with Crippen LogP contribution in [0.15, 0.2) is 48.5 Å². The van der Waals surface area contributed by atoms with E-state index in [2.05, 4.69) is 6.92 Å². The highest BCUT2D eigenvalue weighted by Gasteiger charge is 2.19. The quantitative estimate of drug-likeness (QED) is 0.121. The molecule has 0 bridgehead atoms. The zero-order chi connectivity index (χ0) is 31.2. The minimum atomic E-state index is -1.24. The minimum Gasteiger partial charge on any atom is -0.507 e. The summed E-state index contributed by atoms with van der Waals surface area (Å²) < 4.78 is 22.1. The number of hydrogen-bond donors (Lipinski definition) is 4. The molecule has 0 spiro atoms. The van der Waals surface area contributed by atoms with Crippen molar-refractivity contribution < 1.29 is 49.0 Å². The summed E-state index contributed by atoms with van der Waals surface area (Å²) in [5.74, 6) is -2.71. The maximum absolute atomic E-state index is 11.5. The molecule has 0 aliphatic rings. The van der Waals surface area contributed by atoms with Gasteiger partial charge in [-0.25, -0.2) is 9.59 Å². The molecule has 0 aliphatic carbocycles. The van der Waals surface area contributed by atoms with Crippen molar-refractivity contribution >= 4 is 11.9 Å². The molecule has 0 saturated heterocycles. The van der Waals surface area contributed by atoms with Gasteiger partial charge in [0.1, 0.15) is 35.0 Å². The van der Waals surface area contributed by atoms with Crippen LogP contribution in [0.5, 0.6) is 17.2 Å². The van der Waals surface area contributed by atoms with Gasteiger partial charge in [0.2, 0.25) is 0 Å². The highest BCUT2D eigenvalue weighted by Crippen LogP contribution is 2.40. The molecule has 0 aliphatic heterocycles. The third kappa shape index (κ3) is 9.71. The van der Waals surface area contributed by atoms with Gasteiger partial charge in [-0.3, -0.25) is 0 Å². The van der Waals surface area contributed by atoms with Gasteiger partial charge in [0.25, 0.3) is 0 Å². The number of ether oxygens (including phenoxy) is 4. The van der Waals surface area contributed by atoms with Gasteiger partial charge in [0.15, 0.2) is 0 Å². The summed E-state index contributed by atoms with van der Waals surface area (Å²) in [6.07, 6.45) is 4.79. The standard InChI is InChI=1S/C33H40O10/c1-3-4-5-6-7-22-18-28(24-9-11-26(33(38)39)30(35)20-24)31(43-17-16-42-15-14-41-13-12-40-2)21-27(22)23-8-10-25(32(36)37)29(34)19-23/h8-11,18-21,34-35H,3-7,12-17H2,1-2H3,(H,36,37)(H,38,39). The number of aromatic hydroxyl groups is 2. The molecule has 3 aromatic rings. The van der Waals surface area contributed by atoms with E-state index in [9.17, 15) is 30.0 Å². The lowest BCUT2D eigenvalue weighted by Gasteiger charge is -2.19. The maximum atomic E-state index is 11.5. The van der Waals surface area contributed by atoms with Crippen LogP contribution in [0, 0.1) is 0 Å². The number of methoxy groups -OCH3 is 1. The molecule has 0 aromatic heterocycles. The van der Waals surface area contributed by atoms with Gasteiger partial charge in [-0.2, -0.15) is 0 Å². The smallest absolute Gasteiger partial charge is 0.339 e. The van der Waals surface area contributed by atoms with E-state index < -0.39 is 11.9 Å². The van der Waals surface area contributed by atoms with Gasteiger partial charge in [-0.1, -0.05) is 38.3 Å². The second kappa shape index (κ2) is 17.1. The lowest BCUT2D eigenvalue weighted by Crippen LogP contribution is -2.12. The Morgan fingerprint density at radius 3 is 1.77 bits per heavy atom. The van der Waals surface area contributed by atoms with Crippen molar-refractivity contribution in [3.63, 3.8) is 0 Å². The summed E-state index contributed by atoms with van der Waals surface area (Å²) in [6, 6.07) is 12.6. The monoisotopic (exact) mass is 596 g/mol. The predicted octanol–water partition coefficient (Wildman–Crippen LogP) is 6.01. The summed E-state index contributed by atoms with van der Waals surface area (Å²) in [6.45, 7) is 4.37. The van der Waals surface area contributed by atoms with E-state index in [1.165, 1.54) is 24.3 Å². The number of hydrogen-bond acceptors (Lipinski definition) is 8. The van der Waals surface area contributed by atoms with Crippen molar-refractivity contribution in [1.29, 1.82) is 0 Å². The third-order valence-corrected chi connectivity index (χ3v) is 6.87. The number of carbonyl (C=O) groups is 2. The number of rotatable bonds is 19. The first-order chi connectivity index (χ1) is 20.8. The molecule has 0 amide bonds. The van der Waals surface area contributed by atoms with Crippen molar-refractivity contribution in [3.8, 4) is 39.5 Å². The first-order valence-corrected chi connectivity index (χ1v) is 14.3. The Morgan fingerprint density at radius 2 is 1.23 bits per heavy atom. The number of carboxylic acid groups (broad SMARTS) is 2. The van der Waals surface area contributed by atoms with Gasteiger partial charge < -0.3 is 39.4 Å². The summed E-state index contributed by atoms with van der Waals surface area (Å²) in [4.78, 5) is 23.0. The molecule has 0 heterocycles. The second-order valence-corrected chi connectivity index (χ2v) is 9.96. The Hall–Kier alpha value is -4.12. The molecular weight excluding hydrogens is 556 g/mol. The van der Waals surface area contributed by atoms with Crippen LogP contribution in [0.25, 0.3) is 22.3 Å². The summed E-state index contributed by atoms with van der Waals surface area (Å²) in [7, 11) is 1.60. The Kier molecular flexibility index (Phi) is 13.3. The van der Waals surface area contributed by atoms with E-state index in [1.54, 1.807) is 19.2 Å². The second-order valence-electron chi connectivity index (χ2n) is 9.96. The molecule has 3 rings (SSSR count). The van der Waals surface area contributed by atoms with Crippen LogP contribution >= 0.6 is 0 Å². The number of unbranched alkanes of at least 4 members (excludes halogenated alkanes) is 3. The fraction of sp³-hybridized carbons (Fsp3) is 0.394. The summed E-state index contributed by atoms with van der Waals surface area (Å²) >= 11 is 0. The lowest BCUT2D eigenvalue weighted by atomic mass is 9.90. The average Bonchev–Trinajstić information content (AvgIpc) is 2.98. The van der Waals surface area contributed by atoms with Gasteiger partial charge in [0.05, 0.1) is 33.0 Å². The van der Waals surface area contributed by atoms with Crippen LogP contribution < -0.4 is 4.74 Å². The third-order valence-electron chi connectivity index (χ3n) is 6.87. The molecule has 43 heavy (non-hydrogen) atoms. The zero-order valence-electron chi connectivity index (χ0n) is 24.6. The van der Waals surface area contributed by atoms with E-state index >= 15 is 0 Å². The van der Waals surface area contributed by atoms with Crippen molar-refractivity contribution in [2.75, 3.05) is 46.8 Å². The summed E-state index contributed by atoms with van der Waals surface area (Å²) in [5.41, 5.74) is 3.13. The van der Waals surface area contributed by atoms with Crippen molar-refractivity contribution in [3.05, 3.63) is 65.2 Å². The van der Waals surface area contributed by atoms with Gasteiger partial charge in [-0.15, -0.1) is 0 Å². The molecule has 0 saturated carbocycles. The van der Waals surface area contributed by atoms with Crippen LogP contribution in [0.4, 0.5) is 0 Å².